The summed E-state index contributed by atoms with van der Waals surface area (Å²) in [5.41, 5.74) is 1.38. The third-order valence-corrected chi connectivity index (χ3v) is 4.40. The number of fused-ring (bicyclic) bond motifs is 1. The average Bonchev–Trinajstić information content (AvgIpc) is 2.66. The molecular formula is C12H19NOS. The van der Waals surface area contributed by atoms with Crippen molar-refractivity contribution in [2.75, 3.05) is 12.8 Å². The van der Waals surface area contributed by atoms with Gasteiger partial charge in [0.05, 0.1) is 12.3 Å². The predicted octanol–water partition coefficient (Wildman–Crippen LogP) is 3.00. The highest BCUT2D eigenvalue weighted by Gasteiger charge is 2.28. The number of hydrogen-bond acceptors (Lipinski definition) is 3. The first-order valence-corrected chi connectivity index (χ1v) is 6.70. The zero-order valence-corrected chi connectivity index (χ0v) is 10.5. The van der Waals surface area contributed by atoms with E-state index in [2.05, 4.69) is 31.5 Å². The first kappa shape index (κ1) is 11.1. The summed E-state index contributed by atoms with van der Waals surface area (Å²) in [6.07, 6.45) is 6.21. The van der Waals surface area contributed by atoms with Crippen molar-refractivity contribution in [2.45, 2.75) is 37.5 Å². The van der Waals surface area contributed by atoms with Gasteiger partial charge in [-0.15, -0.1) is 0 Å². The van der Waals surface area contributed by atoms with Gasteiger partial charge < -0.3 is 9.73 Å². The van der Waals surface area contributed by atoms with Gasteiger partial charge in [-0.2, -0.15) is 11.8 Å². The highest BCUT2D eigenvalue weighted by molar-refractivity contribution is 7.99. The van der Waals surface area contributed by atoms with E-state index in [-0.39, 0.29) is 0 Å². The average molecular weight is 225 g/mol. The maximum atomic E-state index is 5.59. The molecule has 0 bridgehead atoms. The summed E-state index contributed by atoms with van der Waals surface area (Å²) in [5, 5.41) is 3.54. The largest absolute Gasteiger partial charge is 0.467 e. The summed E-state index contributed by atoms with van der Waals surface area (Å²) in [5.74, 6) is 1.16. The van der Waals surface area contributed by atoms with E-state index in [9.17, 15) is 0 Å². The second-order valence-electron chi connectivity index (χ2n) is 4.73. The van der Waals surface area contributed by atoms with Crippen LogP contribution in [0.3, 0.4) is 0 Å². The van der Waals surface area contributed by atoms with Gasteiger partial charge in [-0.1, -0.05) is 13.8 Å². The SMILES string of the molecule is CSC(C)(C)CC1NCCc2ccoc21. The Morgan fingerprint density at radius 2 is 2.40 bits per heavy atom. The van der Waals surface area contributed by atoms with Gasteiger partial charge in [0.25, 0.3) is 0 Å². The predicted molar refractivity (Wildman–Crippen MR) is 65.4 cm³/mol. The van der Waals surface area contributed by atoms with Crippen molar-refractivity contribution >= 4 is 11.8 Å². The first-order chi connectivity index (χ1) is 7.12. The fraction of sp³-hybridized carbons (Fsp3) is 0.667. The lowest BCUT2D eigenvalue weighted by Crippen LogP contribution is -2.33. The third-order valence-electron chi connectivity index (χ3n) is 3.13. The van der Waals surface area contributed by atoms with Crippen LogP contribution in [-0.4, -0.2) is 17.5 Å². The van der Waals surface area contributed by atoms with E-state index in [1.54, 1.807) is 0 Å². The minimum atomic E-state index is 0.305. The van der Waals surface area contributed by atoms with Crippen molar-refractivity contribution in [3.8, 4) is 0 Å². The van der Waals surface area contributed by atoms with Crippen molar-refractivity contribution < 1.29 is 4.42 Å². The zero-order chi connectivity index (χ0) is 10.9. The molecule has 0 amide bonds. The molecule has 3 heteroatoms. The molecule has 1 aromatic rings. The van der Waals surface area contributed by atoms with E-state index >= 15 is 0 Å². The summed E-state index contributed by atoms with van der Waals surface area (Å²) in [7, 11) is 0. The van der Waals surface area contributed by atoms with Crippen LogP contribution in [0.4, 0.5) is 0 Å². The Morgan fingerprint density at radius 3 is 3.13 bits per heavy atom. The molecular weight excluding hydrogens is 206 g/mol. The number of hydrogen-bond donors (Lipinski definition) is 1. The van der Waals surface area contributed by atoms with E-state index in [4.69, 9.17) is 4.42 Å². The van der Waals surface area contributed by atoms with Gasteiger partial charge >= 0.3 is 0 Å². The smallest absolute Gasteiger partial charge is 0.123 e. The van der Waals surface area contributed by atoms with Gasteiger partial charge in [-0.25, -0.2) is 0 Å². The maximum absolute atomic E-state index is 5.59. The molecule has 0 radical (unpaired) electrons. The van der Waals surface area contributed by atoms with Gasteiger partial charge in [-0.3, -0.25) is 0 Å². The first-order valence-electron chi connectivity index (χ1n) is 5.47. The van der Waals surface area contributed by atoms with Crippen LogP contribution in [0.5, 0.6) is 0 Å². The maximum Gasteiger partial charge on any atom is 0.123 e. The Kier molecular flexibility index (Phi) is 3.12. The van der Waals surface area contributed by atoms with Gasteiger partial charge in [0.1, 0.15) is 5.76 Å². The molecule has 2 heterocycles. The quantitative estimate of drug-likeness (QED) is 0.856. The summed E-state index contributed by atoms with van der Waals surface area (Å²) >= 11 is 1.92. The van der Waals surface area contributed by atoms with Crippen LogP contribution in [0.1, 0.15) is 37.6 Å². The Balaban J connectivity index is 2.13. The standard InChI is InChI=1S/C12H19NOS/c1-12(2,15-3)8-10-11-9(4-6-13-10)5-7-14-11/h5,7,10,13H,4,6,8H2,1-3H3. The van der Waals surface area contributed by atoms with Gasteiger partial charge in [0.15, 0.2) is 0 Å². The number of thioether (sulfide) groups is 1. The monoisotopic (exact) mass is 225 g/mol. The lowest BCUT2D eigenvalue weighted by Gasteiger charge is -2.30. The van der Waals surface area contributed by atoms with Crippen LogP contribution < -0.4 is 5.32 Å². The molecule has 1 aliphatic heterocycles. The second-order valence-corrected chi connectivity index (χ2v) is 6.25. The van der Waals surface area contributed by atoms with Crippen molar-refractivity contribution in [1.29, 1.82) is 0 Å². The van der Waals surface area contributed by atoms with Crippen LogP contribution in [0.15, 0.2) is 16.7 Å². The molecule has 0 fully saturated rings. The number of nitrogens with one attached hydrogen (secondary N) is 1. The minimum absolute atomic E-state index is 0.305. The fourth-order valence-corrected chi connectivity index (χ4v) is 2.41. The Labute approximate surface area is 95.8 Å². The van der Waals surface area contributed by atoms with Crippen molar-refractivity contribution in [3.05, 3.63) is 23.7 Å². The molecule has 84 valence electrons. The van der Waals surface area contributed by atoms with E-state index in [1.807, 2.05) is 18.0 Å². The van der Waals surface area contributed by atoms with Crippen LogP contribution >= 0.6 is 11.8 Å². The Morgan fingerprint density at radius 1 is 1.60 bits per heavy atom. The topological polar surface area (TPSA) is 25.2 Å². The molecule has 15 heavy (non-hydrogen) atoms. The summed E-state index contributed by atoms with van der Waals surface area (Å²) in [4.78, 5) is 0. The van der Waals surface area contributed by atoms with Crippen LogP contribution in [-0.2, 0) is 6.42 Å². The van der Waals surface area contributed by atoms with Crippen LogP contribution in [0, 0.1) is 0 Å². The minimum Gasteiger partial charge on any atom is -0.467 e. The number of furan rings is 1. The lowest BCUT2D eigenvalue weighted by molar-refractivity contribution is 0.356. The molecule has 2 rings (SSSR count). The Hall–Kier alpha value is -0.410. The molecule has 1 aromatic heterocycles. The molecule has 1 aliphatic rings. The van der Waals surface area contributed by atoms with Crippen molar-refractivity contribution in [2.24, 2.45) is 0 Å². The van der Waals surface area contributed by atoms with Gasteiger partial charge in [-0.05, 0) is 37.3 Å². The summed E-state index contributed by atoms with van der Waals surface area (Å²) < 4.78 is 5.89. The Bertz CT molecular complexity index is 332. The van der Waals surface area contributed by atoms with E-state index in [0.29, 0.717) is 10.8 Å². The lowest BCUT2D eigenvalue weighted by atomic mass is 9.95. The van der Waals surface area contributed by atoms with E-state index < -0.39 is 0 Å². The van der Waals surface area contributed by atoms with Crippen LogP contribution in [0.25, 0.3) is 0 Å². The van der Waals surface area contributed by atoms with E-state index in [0.717, 1.165) is 25.1 Å². The zero-order valence-electron chi connectivity index (χ0n) is 9.67. The number of rotatable bonds is 3. The molecule has 0 spiro atoms. The highest BCUT2D eigenvalue weighted by atomic mass is 32.2. The normalized spacial score (nSPS) is 21.4. The second kappa shape index (κ2) is 4.22. The molecule has 1 atom stereocenters. The molecule has 1 unspecified atom stereocenters. The van der Waals surface area contributed by atoms with Crippen LogP contribution in [0.2, 0.25) is 0 Å². The van der Waals surface area contributed by atoms with Gasteiger partial charge in [0.2, 0.25) is 0 Å². The molecule has 2 nitrogen and oxygen atoms in total. The van der Waals surface area contributed by atoms with Crippen molar-refractivity contribution in [3.63, 3.8) is 0 Å². The molecule has 0 aliphatic carbocycles. The summed E-state index contributed by atoms with van der Waals surface area (Å²) in [6.45, 7) is 5.65. The highest BCUT2D eigenvalue weighted by Crippen LogP contribution is 2.35. The van der Waals surface area contributed by atoms with E-state index in [1.165, 1.54) is 5.56 Å². The van der Waals surface area contributed by atoms with Gasteiger partial charge in [0, 0.05) is 4.75 Å². The summed E-state index contributed by atoms with van der Waals surface area (Å²) in [6, 6.07) is 2.50. The third kappa shape index (κ3) is 2.40. The fourth-order valence-electron chi connectivity index (χ4n) is 2.07. The molecule has 1 N–H and O–H groups in total. The molecule has 0 saturated carbocycles. The molecule has 0 aromatic carbocycles. The van der Waals surface area contributed by atoms with Crippen molar-refractivity contribution in [1.82, 2.24) is 5.32 Å². The molecule has 0 saturated heterocycles.